The third kappa shape index (κ3) is 5.57. The quantitative estimate of drug-likeness (QED) is 0.392. The maximum atomic E-state index is 8.36. The number of aromatic nitrogens is 1. The molecule has 0 aliphatic rings. The third-order valence-corrected chi connectivity index (χ3v) is 1.26. The normalized spacial score (nSPS) is 7.33. The first kappa shape index (κ1) is 8.70. The fourth-order valence-electron chi connectivity index (χ4n) is 0.279. The summed E-state index contributed by atoms with van der Waals surface area (Å²) in [4.78, 5) is 12.2. The van der Waals surface area contributed by atoms with Crippen molar-refractivity contribution in [2.24, 2.45) is 0 Å². The van der Waals surface area contributed by atoms with E-state index in [1.165, 1.54) is 3.55 Å². The summed E-state index contributed by atoms with van der Waals surface area (Å²) in [6, 6.07) is 0. The molecule has 1 rings (SSSR count). The first-order valence-corrected chi connectivity index (χ1v) is 3.12. The van der Waals surface area contributed by atoms with Crippen LogP contribution in [0.2, 0.25) is 0 Å². The van der Waals surface area contributed by atoms with E-state index in [-0.39, 0.29) is 6.47 Å². The van der Waals surface area contributed by atoms with Gasteiger partial charge in [0.25, 0.3) is 6.47 Å². The molecule has 0 spiro atoms. The van der Waals surface area contributed by atoms with E-state index >= 15 is 0 Å². The second-order valence-electron chi connectivity index (χ2n) is 1.22. The number of carbonyl (C=O) groups is 1. The Morgan fingerprint density at radius 1 is 1.89 bits per heavy atom. The Morgan fingerprint density at radius 2 is 2.44 bits per heavy atom. The van der Waals surface area contributed by atoms with E-state index in [4.69, 9.17) is 9.90 Å². The zero-order chi connectivity index (χ0) is 7.11. The molecule has 0 amide bonds. The van der Waals surface area contributed by atoms with Crippen LogP contribution in [-0.4, -0.2) is 34.3 Å². The van der Waals surface area contributed by atoms with Crippen molar-refractivity contribution in [1.29, 1.82) is 0 Å². The molecular formula is C4H4LiNO2S. The molecule has 1 aromatic heterocycles. The minimum atomic E-state index is -0.250. The molecule has 0 fully saturated rings. The van der Waals surface area contributed by atoms with Crippen molar-refractivity contribution in [3.8, 4) is 0 Å². The number of nitrogens with zero attached hydrogens (tertiary/aromatic N) is 1. The van der Waals surface area contributed by atoms with E-state index in [2.05, 4.69) is 4.98 Å². The molecule has 9 heavy (non-hydrogen) atoms. The van der Waals surface area contributed by atoms with Crippen molar-refractivity contribution in [3.05, 3.63) is 11.7 Å². The van der Waals surface area contributed by atoms with Crippen molar-refractivity contribution >= 4 is 39.1 Å². The van der Waals surface area contributed by atoms with Gasteiger partial charge in [-0.3, -0.25) is 4.79 Å². The number of hydrogen-bond acceptors (Lipinski definition) is 3. The van der Waals surface area contributed by atoms with E-state index < -0.39 is 0 Å². The number of rotatable bonds is 0. The van der Waals surface area contributed by atoms with Crippen molar-refractivity contribution in [2.45, 2.75) is 0 Å². The predicted octanol–water partition coefficient (Wildman–Crippen LogP) is -0.362. The van der Waals surface area contributed by atoms with Crippen molar-refractivity contribution < 1.29 is 9.90 Å². The minimum absolute atomic E-state index is 0.250. The maximum absolute atomic E-state index is 8.36. The number of carboxylic acid groups (broad SMARTS) is 1. The van der Waals surface area contributed by atoms with E-state index in [1.807, 2.05) is 29.4 Å². The Hall–Kier alpha value is -0.303. The van der Waals surface area contributed by atoms with Crippen LogP contribution in [0.1, 0.15) is 0 Å². The summed E-state index contributed by atoms with van der Waals surface area (Å²) in [5, 5.41) is 6.89. The van der Waals surface area contributed by atoms with Gasteiger partial charge in [0.15, 0.2) is 0 Å². The molecular weight excluding hydrogens is 133 g/mol. The first-order valence-electron chi connectivity index (χ1n) is 2.24. The van der Waals surface area contributed by atoms with Crippen LogP contribution in [0.15, 0.2) is 11.7 Å². The third-order valence-electron chi connectivity index (χ3n) is 0.556. The van der Waals surface area contributed by atoms with Gasteiger partial charge in [-0.05, 0) is 0 Å². The Balaban J connectivity index is 0.000000187. The van der Waals surface area contributed by atoms with Crippen LogP contribution >= 0.6 is 11.3 Å². The van der Waals surface area contributed by atoms with E-state index in [0.717, 1.165) is 0 Å². The summed E-state index contributed by atoms with van der Waals surface area (Å²) in [6.07, 6.45) is 1.85. The summed E-state index contributed by atoms with van der Waals surface area (Å²) in [5.41, 5.74) is 1.83. The van der Waals surface area contributed by atoms with Gasteiger partial charge < -0.3 is 5.11 Å². The van der Waals surface area contributed by atoms with Gasteiger partial charge in [0.1, 0.15) is 0 Å². The van der Waals surface area contributed by atoms with Gasteiger partial charge in [-0.15, -0.1) is 0 Å². The molecule has 0 unspecified atom stereocenters. The van der Waals surface area contributed by atoms with Crippen LogP contribution in [0.5, 0.6) is 0 Å². The second kappa shape index (κ2) is 5.83. The first-order chi connectivity index (χ1) is 4.31. The molecule has 1 heterocycles. The van der Waals surface area contributed by atoms with Gasteiger partial charge >= 0.3 is 49.3 Å². The molecule has 1 aromatic rings. The molecule has 0 aromatic carbocycles. The van der Waals surface area contributed by atoms with E-state index in [0.29, 0.717) is 0 Å². The van der Waals surface area contributed by atoms with Crippen molar-refractivity contribution in [1.82, 2.24) is 4.98 Å². The summed E-state index contributed by atoms with van der Waals surface area (Å²) >= 11 is 3.71. The van der Waals surface area contributed by atoms with Crippen molar-refractivity contribution in [2.75, 3.05) is 0 Å². The van der Waals surface area contributed by atoms with Crippen molar-refractivity contribution in [3.63, 3.8) is 0 Å². The van der Waals surface area contributed by atoms with E-state index in [1.54, 1.807) is 11.3 Å². The Morgan fingerprint density at radius 3 is 2.56 bits per heavy atom. The zero-order valence-electron chi connectivity index (χ0n) is 4.94. The topological polar surface area (TPSA) is 50.2 Å². The molecule has 44 valence electrons. The van der Waals surface area contributed by atoms with Gasteiger partial charge in [-0.1, -0.05) is 0 Å². The molecule has 0 aliphatic heterocycles. The second-order valence-corrected chi connectivity index (χ2v) is 2.31. The summed E-state index contributed by atoms with van der Waals surface area (Å²) in [6.45, 7) is -0.250. The fourth-order valence-corrected chi connectivity index (χ4v) is 0.689. The monoisotopic (exact) mass is 137 g/mol. The van der Waals surface area contributed by atoms with Gasteiger partial charge in [-0.2, -0.15) is 0 Å². The standard InChI is InChI=1S/C3H2NS.CH2O2.Li/c1-2-5-3-4-1;2-1-3;/h1,3H;1H,(H,2,3);. The Kier molecular flexibility index (Phi) is 5.63. The summed E-state index contributed by atoms with van der Waals surface area (Å²) in [5.74, 6) is 0. The molecule has 1 N–H and O–H groups in total. The van der Waals surface area contributed by atoms with Crippen LogP contribution in [0.3, 0.4) is 0 Å². The van der Waals surface area contributed by atoms with Crippen LogP contribution in [0.25, 0.3) is 0 Å². The molecule has 5 heteroatoms. The van der Waals surface area contributed by atoms with Gasteiger partial charge in [0.05, 0.1) is 0 Å². The van der Waals surface area contributed by atoms with Gasteiger partial charge in [0, 0.05) is 0 Å². The zero-order valence-corrected chi connectivity index (χ0v) is 5.76. The molecule has 3 nitrogen and oxygen atoms in total. The van der Waals surface area contributed by atoms with Crippen LogP contribution in [0, 0.1) is 0 Å². The number of hydrogen-bond donors (Lipinski definition) is 1. The molecule has 0 saturated heterocycles. The summed E-state index contributed by atoms with van der Waals surface area (Å²) in [7, 11) is 0. The SMILES string of the molecule is O=CO.[Li][c]1cncs1. The fraction of sp³-hybridized carbons (Fsp3) is 0. The molecule has 0 aliphatic carbocycles. The van der Waals surface area contributed by atoms with Gasteiger partial charge in [0.2, 0.25) is 0 Å². The van der Waals surface area contributed by atoms with E-state index in [9.17, 15) is 0 Å². The molecule has 0 radical (unpaired) electrons. The average Bonchev–Trinajstić information content (AvgIpc) is 2.20. The average molecular weight is 137 g/mol. The van der Waals surface area contributed by atoms with Crippen LogP contribution in [0.4, 0.5) is 0 Å². The molecule has 0 atom stereocenters. The molecule has 0 saturated carbocycles. The number of thiazole rings is 1. The van der Waals surface area contributed by atoms with Crippen LogP contribution in [-0.2, 0) is 4.79 Å². The Bertz CT molecular complexity index is 154. The summed E-state index contributed by atoms with van der Waals surface area (Å²) < 4.78 is 1.27. The van der Waals surface area contributed by atoms with Crippen LogP contribution < -0.4 is 3.55 Å². The predicted molar refractivity (Wildman–Crippen MR) is 36.2 cm³/mol. The molecule has 0 bridgehead atoms. The van der Waals surface area contributed by atoms with Gasteiger partial charge in [-0.25, -0.2) is 0 Å². The Labute approximate surface area is 65.9 Å².